The van der Waals surface area contributed by atoms with Gasteiger partial charge in [0, 0.05) is 26.3 Å². The molecule has 1 fully saturated rings. The fourth-order valence-corrected chi connectivity index (χ4v) is 2.52. The van der Waals surface area contributed by atoms with Crippen LogP contribution in [0.4, 0.5) is 11.4 Å². The van der Waals surface area contributed by atoms with E-state index in [9.17, 15) is 4.79 Å². The molecule has 1 heterocycles. The second-order valence-corrected chi connectivity index (χ2v) is 4.91. The number of hydrogen-bond acceptors (Lipinski definition) is 5. The number of rotatable bonds is 4. The van der Waals surface area contributed by atoms with Gasteiger partial charge in [0.25, 0.3) is 0 Å². The van der Waals surface area contributed by atoms with E-state index in [1.165, 1.54) is 0 Å². The van der Waals surface area contributed by atoms with Crippen molar-refractivity contribution < 1.29 is 14.3 Å². The topological polar surface area (TPSA) is 64.8 Å². The van der Waals surface area contributed by atoms with E-state index in [4.69, 9.17) is 15.2 Å². The van der Waals surface area contributed by atoms with Gasteiger partial charge in [-0.15, -0.1) is 0 Å². The quantitative estimate of drug-likeness (QED) is 0.674. The molecule has 1 aliphatic heterocycles. The highest BCUT2D eigenvalue weighted by Crippen LogP contribution is 2.29. The number of esters is 1. The average molecular weight is 278 g/mol. The predicted octanol–water partition coefficient (Wildman–Crippen LogP) is 2.06. The van der Waals surface area contributed by atoms with Crippen molar-refractivity contribution in [3.8, 4) is 0 Å². The van der Waals surface area contributed by atoms with Crippen molar-refractivity contribution in [3.05, 3.63) is 23.8 Å². The van der Waals surface area contributed by atoms with E-state index in [-0.39, 0.29) is 5.97 Å². The Balaban J connectivity index is 2.23. The van der Waals surface area contributed by atoms with Crippen LogP contribution in [0.25, 0.3) is 0 Å². The van der Waals surface area contributed by atoms with Crippen LogP contribution in [0.3, 0.4) is 0 Å². The average Bonchev–Trinajstić information content (AvgIpc) is 2.48. The van der Waals surface area contributed by atoms with Crippen LogP contribution in [-0.4, -0.2) is 38.9 Å². The lowest BCUT2D eigenvalue weighted by molar-refractivity contribution is 0.0527. The zero-order valence-electron chi connectivity index (χ0n) is 12.1. The molecule has 1 aromatic rings. The number of carbonyl (C=O) groups excluding carboxylic acids is 1. The molecular formula is C15H22N2O3. The van der Waals surface area contributed by atoms with Crippen LogP contribution in [0.2, 0.25) is 0 Å². The summed E-state index contributed by atoms with van der Waals surface area (Å²) in [6.07, 6.45) is 1.94. The van der Waals surface area contributed by atoms with Gasteiger partial charge in [0.2, 0.25) is 0 Å². The van der Waals surface area contributed by atoms with Gasteiger partial charge in [-0.2, -0.15) is 0 Å². The second kappa shape index (κ2) is 6.61. The van der Waals surface area contributed by atoms with Crippen molar-refractivity contribution in [2.45, 2.75) is 25.8 Å². The Morgan fingerprint density at radius 2 is 2.15 bits per heavy atom. The molecule has 0 unspecified atom stereocenters. The first kappa shape index (κ1) is 14.7. The fraction of sp³-hybridized carbons (Fsp3) is 0.533. The number of nitrogens with zero attached hydrogens (tertiary/aromatic N) is 1. The molecule has 0 bridgehead atoms. The first-order chi connectivity index (χ1) is 9.65. The van der Waals surface area contributed by atoms with E-state index >= 15 is 0 Å². The van der Waals surface area contributed by atoms with Gasteiger partial charge in [-0.1, -0.05) is 6.07 Å². The summed E-state index contributed by atoms with van der Waals surface area (Å²) in [6, 6.07) is 5.87. The molecule has 0 atom stereocenters. The van der Waals surface area contributed by atoms with Crippen molar-refractivity contribution in [3.63, 3.8) is 0 Å². The lowest BCUT2D eigenvalue weighted by Crippen LogP contribution is -2.37. The summed E-state index contributed by atoms with van der Waals surface area (Å²) in [5.74, 6) is -0.368. The predicted molar refractivity (Wildman–Crippen MR) is 79.1 cm³/mol. The molecule has 0 aliphatic carbocycles. The van der Waals surface area contributed by atoms with E-state index in [0.717, 1.165) is 31.7 Å². The third kappa shape index (κ3) is 3.04. The molecule has 5 heteroatoms. The van der Waals surface area contributed by atoms with E-state index in [1.807, 2.05) is 19.2 Å². The smallest absolute Gasteiger partial charge is 0.340 e. The molecule has 1 aromatic carbocycles. The van der Waals surface area contributed by atoms with Gasteiger partial charge in [-0.25, -0.2) is 4.79 Å². The summed E-state index contributed by atoms with van der Waals surface area (Å²) >= 11 is 0. The highest BCUT2D eigenvalue weighted by molar-refractivity contribution is 5.98. The third-order valence-electron chi connectivity index (χ3n) is 3.70. The third-order valence-corrected chi connectivity index (χ3v) is 3.70. The van der Waals surface area contributed by atoms with Crippen molar-refractivity contribution in [1.82, 2.24) is 0 Å². The van der Waals surface area contributed by atoms with Gasteiger partial charge in [0.1, 0.15) is 0 Å². The van der Waals surface area contributed by atoms with E-state index in [2.05, 4.69) is 4.90 Å². The minimum absolute atomic E-state index is 0.346. The van der Waals surface area contributed by atoms with Crippen LogP contribution in [0.1, 0.15) is 30.1 Å². The highest BCUT2D eigenvalue weighted by Gasteiger charge is 2.22. The summed E-state index contributed by atoms with van der Waals surface area (Å²) in [6.45, 7) is 3.67. The summed E-state index contributed by atoms with van der Waals surface area (Å²) in [5.41, 5.74) is 7.95. The molecule has 0 saturated carbocycles. The monoisotopic (exact) mass is 278 g/mol. The van der Waals surface area contributed by atoms with Crippen molar-refractivity contribution in [2.24, 2.45) is 0 Å². The van der Waals surface area contributed by atoms with Crippen LogP contribution in [0.15, 0.2) is 18.2 Å². The molecule has 110 valence electrons. The van der Waals surface area contributed by atoms with Crippen LogP contribution in [0, 0.1) is 0 Å². The van der Waals surface area contributed by atoms with Crippen molar-refractivity contribution in [1.29, 1.82) is 0 Å². The first-order valence-corrected chi connectivity index (χ1v) is 7.01. The Labute approximate surface area is 119 Å². The molecular weight excluding hydrogens is 256 g/mol. The van der Waals surface area contributed by atoms with Gasteiger partial charge in [0.05, 0.1) is 23.5 Å². The zero-order valence-corrected chi connectivity index (χ0v) is 12.1. The largest absolute Gasteiger partial charge is 0.462 e. The lowest BCUT2D eigenvalue weighted by Gasteiger charge is -2.33. The number of hydrogen-bond donors (Lipinski definition) is 1. The molecule has 0 radical (unpaired) electrons. The Morgan fingerprint density at radius 1 is 1.45 bits per heavy atom. The summed E-state index contributed by atoms with van der Waals surface area (Å²) in [7, 11) is 2.01. The maximum atomic E-state index is 11.9. The Morgan fingerprint density at radius 3 is 2.80 bits per heavy atom. The maximum absolute atomic E-state index is 11.9. The lowest BCUT2D eigenvalue weighted by atomic mass is 10.0. The number of carbonyl (C=O) groups is 1. The molecule has 20 heavy (non-hydrogen) atoms. The van der Waals surface area contributed by atoms with Crippen molar-refractivity contribution in [2.75, 3.05) is 37.5 Å². The first-order valence-electron chi connectivity index (χ1n) is 7.01. The van der Waals surface area contributed by atoms with Gasteiger partial charge < -0.3 is 20.1 Å². The van der Waals surface area contributed by atoms with E-state index in [1.54, 1.807) is 13.0 Å². The molecule has 1 aliphatic rings. The Hall–Kier alpha value is -1.75. The highest BCUT2D eigenvalue weighted by atomic mass is 16.5. The number of nitrogen functional groups attached to an aromatic ring is 1. The van der Waals surface area contributed by atoms with Crippen LogP contribution in [-0.2, 0) is 9.47 Å². The molecule has 1 saturated heterocycles. The molecule has 2 N–H and O–H groups in total. The Bertz CT molecular complexity index is 470. The van der Waals surface area contributed by atoms with Crippen LogP contribution in [0.5, 0.6) is 0 Å². The molecule has 0 aromatic heterocycles. The summed E-state index contributed by atoms with van der Waals surface area (Å²) in [4.78, 5) is 14.0. The summed E-state index contributed by atoms with van der Waals surface area (Å²) < 4.78 is 10.4. The zero-order chi connectivity index (χ0) is 14.5. The minimum Gasteiger partial charge on any atom is -0.462 e. The molecule has 0 amide bonds. The van der Waals surface area contributed by atoms with Gasteiger partial charge in [0.15, 0.2) is 0 Å². The number of nitrogens with two attached hydrogens (primary N) is 1. The Kier molecular flexibility index (Phi) is 4.84. The standard InChI is InChI=1S/C15H22N2O3/c1-3-20-15(18)12-5-4-6-13(14(12)16)17(2)11-7-9-19-10-8-11/h4-6,11H,3,7-10,16H2,1-2H3. The molecule has 5 nitrogen and oxygen atoms in total. The normalized spacial score (nSPS) is 15.9. The number of benzene rings is 1. The second-order valence-electron chi connectivity index (χ2n) is 4.91. The number of para-hydroxylation sites is 1. The van der Waals surface area contributed by atoms with E-state index in [0.29, 0.717) is 23.9 Å². The fourth-order valence-electron chi connectivity index (χ4n) is 2.52. The van der Waals surface area contributed by atoms with Gasteiger partial charge in [-0.3, -0.25) is 0 Å². The van der Waals surface area contributed by atoms with Crippen LogP contribution >= 0.6 is 0 Å². The number of anilines is 2. The van der Waals surface area contributed by atoms with Gasteiger partial charge in [-0.05, 0) is 31.9 Å². The van der Waals surface area contributed by atoms with E-state index < -0.39 is 0 Å². The van der Waals surface area contributed by atoms with Crippen molar-refractivity contribution >= 4 is 17.3 Å². The van der Waals surface area contributed by atoms with Gasteiger partial charge >= 0.3 is 5.97 Å². The minimum atomic E-state index is -0.368. The van der Waals surface area contributed by atoms with Crippen LogP contribution < -0.4 is 10.6 Å². The molecule has 2 rings (SSSR count). The SMILES string of the molecule is CCOC(=O)c1cccc(N(C)C2CCOCC2)c1N. The maximum Gasteiger partial charge on any atom is 0.340 e. The number of ether oxygens (including phenoxy) is 2. The molecule has 0 spiro atoms. The summed E-state index contributed by atoms with van der Waals surface area (Å²) in [5, 5.41) is 0.